The number of imidazole rings is 1. The van der Waals surface area contributed by atoms with Gasteiger partial charge < -0.3 is 47.1 Å². The minimum Gasteiger partial charge on any atom is -0.444 e. The van der Waals surface area contributed by atoms with Crippen LogP contribution in [0.25, 0.3) is 11.2 Å². The number of piperidine rings is 3. The zero-order valence-electron chi connectivity index (χ0n) is 35.2. The number of Topliss-reactive ketones (excluding diaryl/α,β-unsaturated/α-hetero) is 1. The van der Waals surface area contributed by atoms with Gasteiger partial charge in [-0.25, -0.2) is 29.3 Å². The summed E-state index contributed by atoms with van der Waals surface area (Å²) in [6.07, 6.45) is 9.08. The molecular formula is C41H62N12O6. The highest BCUT2D eigenvalue weighted by atomic mass is 16.6. The van der Waals surface area contributed by atoms with Crippen LogP contribution in [-0.4, -0.2) is 109 Å². The number of carbonyl (C=O) groups excluding carboxylic acids is 3. The number of pyridine rings is 3. The average molecular weight is 819 g/mol. The molecule has 7 rings (SSSR count). The summed E-state index contributed by atoms with van der Waals surface area (Å²) in [6.45, 7) is 15.5. The molecule has 18 heteroatoms. The number of fused-ring (bicyclic) bond motifs is 1. The van der Waals surface area contributed by atoms with E-state index in [1.807, 2.05) is 70.4 Å². The molecule has 322 valence electrons. The molecule has 0 bridgehead atoms. The van der Waals surface area contributed by atoms with E-state index in [9.17, 15) is 19.2 Å². The van der Waals surface area contributed by atoms with E-state index >= 15 is 0 Å². The van der Waals surface area contributed by atoms with Gasteiger partial charge in [-0.15, -0.1) is 0 Å². The Hall–Kier alpha value is -5.91. The van der Waals surface area contributed by atoms with Gasteiger partial charge in [0.25, 0.3) is 0 Å². The first-order valence-corrected chi connectivity index (χ1v) is 20.1. The summed E-state index contributed by atoms with van der Waals surface area (Å²) in [7, 11) is 0. The maximum atomic E-state index is 12.0. The van der Waals surface area contributed by atoms with Crippen LogP contribution in [0.1, 0.15) is 86.1 Å². The van der Waals surface area contributed by atoms with Crippen LogP contribution in [0, 0.1) is 0 Å². The summed E-state index contributed by atoms with van der Waals surface area (Å²) in [4.78, 5) is 64.4. The van der Waals surface area contributed by atoms with Gasteiger partial charge in [-0.2, -0.15) is 0 Å². The fourth-order valence-electron chi connectivity index (χ4n) is 6.37. The van der Waals surface area contributed by atoms with E-state index in [1.54, 1.807) is 40.5 Å². The number of H-pyrrole nitrogens is 1. The van der Waals surface area contributed by atoms with Crippen LogP contribution >= 0.6 is 0 Å². The molecule has 4 aromatic rings. The fourth-order valence-corrected chi connectivity index (χ4v) is 6.37. The van der Waals surface area contributed by atoms with Gasteiger partial charge >= 0.3 is 17.9 Å². The van der Waals surface area contributed by atoms with Crippen LogP contribution in [0.5, 0.6) is 0 Å². The van der Waals surface area contributed by atoms with Crippen LogP contribution in [0.4, 0.5) is 32.6 Å². The molecule has 0 aromatic carbocycles. The lowest BCUT2D eigenvalue weighted by atomic mass is 10.1. The molecule has 3 aliphatic rings. The number of carbonyl (C=O) groups is 3. The standard InChI is InChI=1S/C15H24N4O2.C11H14N4O.C10H17NO3.C5H7N3/c1-15(2,3)21-14(20)19-9-6-11(7-10-19)18-12-5-4-8-17-13(12)16;16-11-14-10-9(2-1-5-13-10)15(11)8-3-6-12-7-4-8;1-10(2,3)14-9(13)11-6-4-8(12)5-7-11;6-4-2-1-3-8-5(4)7/h4-5,8,11,18H,6-7,9-10H2,1-3H3,(H2,16,17);1-2,5,8,12H,3-4,6-7H2,(H,13,14,16);4-7H2,1-3H3;1-3H,6H2,(H2,7,8). The Kier molecular flexibility index (Phi) is 16.5. The number of hydrogen-bond donors (Lipinski definition) is 6. The molecule has 0 spiro atoms. The lowest BCUT2D eigenvalue weighted by Crippen LogP contribution is -2.44. The highest BCUT2D eigenvalue weighted by Crippen LogP contribution is 2.22. The molecule has 4 aromatic heterocycles. The number of aromatic amines is 1. The SMILES string of the molecule is CC(C)(C)OC(=O)N1CCC(=O)CC1.CC(C)(C)OC(=O)N1CCC(Nc2cccnc2N)CC1.Nc1cccnc1N.O=c1[nH]c2ncccc2n1C1CCNCC1. The lowest BCUT2D eigenvalue weighted by Gasteiger charge is -2.34. The highest BCUT2D eigenvalue weighted by Gasteiger charge is 2.28. The van der Waals surface area contributed by atoms with E-state index < -0.39 is 11.2 Å². The van der Waals surface area contributed by atoms with Gasteiger partial charge in [0, 0.05) is 69.7 Å². The second kappa shape index (κ2) is 21.2. The summed E-state index contributed by atoms with van der Waals surface area (Å²) in [5.41, 5.74) is 18.5. The number of nitrogen functional groups attached to an aromatic ring is 3. The van der Waals surface area contributed by atoms with Crippen molar-refractivity contribution >= 4 is 52.1 Å². The number of aromatic nitrogens is 5. The van der Waals surface area contributed by atoms with Crippen LogP contribution in [0.15, 0.2) is 59.8 Å². The minimum absolute atomic E-state index is 0.0411. The molecule has 0 saturated carbocycles. The predicted molar refractivity (Wildman–Crippen MR) is 230 cm³/mol. The van der Waals surface area contributed by atoms with Gasteiger partial charge in [0.15, 0.2) is 5.65 Å². The number of ketones is 1. The van der Waals surface area contributed by atoms with Crippen LogP contribution < -0.4 is 33.5 Å². The molecule has 0 unspecified atom stereocenters. The minimum atomic E-state index is -0.460. The van der Waals surface area contributed by atoms with Crippen LogP contribution in [0.2, 0.25) is 0 Å². The predicted octanol–water partition coefficient (Wildman–Crippen LogP) is 4.96. The van der Waals surface area contributed by atoms with E-state index in [2.05, 4.69) is 30.6 Å². The first-order valence-electron chi connectivity index (χ1n) is 20.1. The third-order valence-electron chi connectivity index (χ3n) is 9.35. The Morgan fingerprint density at radius 2 is 1.25 bits per heavy atom. The van der Waals surface area contributed by atoms with Crippen molar-refractivity contribution in [3.8, 4) is 0 Å². The smallest absolute Gasteiger partial charge is 0.410 e. The van der Waals surface area contributed by atoms with Crippen molar-refractivity contribution in [3.05, 3.63) is 65.5 Å². The highest BCUT2D eigenvalue weighted by molar-refractivity contribution is 5.81. The van der Waals surface area contributed by atoms with Crippen LogP contribution in [-0.2, 0) is 14.3 Å². The second-order valence-corrected chi connectivity index (χ2v) is 16.5. The summed E-state index contributed by atoms with van der Waals surface area (Å²) < 4.78 is 12.4. The van der Waals surface area contributed by atoms with Crippen molar-refractivity contribution in [2.24, 2.45) is 0 Å². The molecule has 3 saturated heterocycles. The molecule has 9 N–H and O–H groups in total. The van der Waals surface area contributed by atoms with E-state index in [-0.39, 0.29) is 23.7 Å². The molecular weight excluding hydrogens is 757 g/mol. The number of anilines is 4. The first kappa shape index (κ1) is 45.8. The Morgan fingerprint density at radius 1 is 0.729 bits per heavy atom. The zero-order valence-corrected chi connectivity index (χ0v) is 35.2. The molecule has 7 heterocycles. The number of ether oxygens (including phenoxy) is 2. The molecule has 18 nitrogen and oxygen atoms in total. The van der Waals surface area contributed by atoms with E-state index in [4.69, 9.17) is 26.7 Å². The molecule has 0 atom stereocenters. The van der Waals surface area contributed by atoms with Crippen molar-refractivity contribution in [2.45, 2.75) is 103 Å². The topological polar surface area (TPSA) is 255 Å². The number of nitrogens with two attached hydrogens (primary N) is 3. The fraction of sp³-hybridized carbons (Fsp3) is 0.537. The van der Waals surface area contributed by atoms with Gasteiger partial charge in [-0.1, -0.05) is 0 Å². The van der Waals surface area contributed by atoms with E-state index in [0.717, 1.165) is 50.0 Å². The monoisotopic (exact) mass is 818 g/mol. The number of nitrogens with zero attached hydrogens (tertiary/aromatic N) is 6. The summed E-state index contributed by atoms with van der Waals surface area (Å²) in [5.74, 6) is 1.13. The van der Waals surface area contributed by atoms with Gasteiger partial charge in [0.05, 0.1) is 16.9 Å². The number of nitrogens with one attached hydrogen (secondary N) is 3. The van der Waals surface area contributed by atoms with Crippen molar-refractivity contribution in [1.29, 1.82) is 0 Å². The summed E-state index contributed by atoms with van der Waals surface area (Å²) in [6, 6.07) is 11.6. The molecule has 3 fully saturated rings. The Labute approximate surface area is 345 Å². The third-order valence-corrected chi connectivity index (χ3v) is 9.35. The van der Waals surface area contributed by atoms with E-state index in [1.165, 1.54) is 0 Å². The van der Waals surface area contributed by atoms with E-state index in [0.29, 0.717) is 74.1 Å². The Bertz CT molecular complexity index is 1990. The molecule has 0 radical (unpaired) electrons. The Morgan fingerprint density at radius 3 is 1.78 bits per heavy atom. The number of amides is 2. The summed E-state index contributed by atoms with van der Waals surface area (Å²) in [5, 5.41) is 6.69. The molecule has 3 aliphatic heterocycles. The maximum absolute atomic E-state index is 12.0. The molecule has 2 amide bonds. The van der Waals surface area contributed by atoms with Gasteiger partial charge in [0.2, 0.25) is 0 Å². The van der Waals surface area contributed by atoms with Gasteiger partial charge in [-0.3, -0.25) is 14.3 Å². The Balaban J connectivity index is 0.000000182. The van der Waals surface area contributed by atoms with Crippen molar-refractivity contribution in [1.82, 2.24) is 39.6 Å². The number of hydrogen-bond acceptors (Lipinski definition) is 14. The van der Waals surface area contributed by atoms with Crippen molar-refractivity contribution < 1.29 is 23.9 Å². The quantitative estimate of drug-likeness (QED) is 0.160. The zero-order chi connectivity index (χ0) is 43.2. The van der Waals surface area contributed by atoms with Gasteiger partial charge in [0.1, 0.15) is 28.6 Å². The first-order chi connectivity index (χ1) is 27.9. The maximum Gasteiger partial charge on any atom is 0.410 e. The number of likely N-dealkylation sites (tertiary alicyclic amines) is 2. The molecule has 59 heavy (non-hydrogen) atoms. The lowest BCUT2D eigenvalue weighted by molar-refractivity contribution is -0.121. The second-order valence-electron chi connectivity index (χ2n) is 16.5. The average Bonchev–Trinajstić information content (AvgIpc) is 3.53. The summed E-state index contributed by atoms with van der Waals surface area (Å²) >= 11 is 0. The molecule has 0 aliphatic carbocycles. The third kappa shape index (κ3) is 15.1. The van der Waals surface area contributed by atoms with Crippen molar-refractivity contribution in [3.63, 3.8) is 0 Å². The largest absolute Gasteiger partial charge is 0.444 e. The van der Waals surface area contributed by atoms with Crippen molar-refractivity contribution in [2.75, 3.05) is 61.8 Å². The number of rotatable bonds is 3. The van der Waals surface area contributed by atoms with Crippen LogP contribution in [0.3, 0.4) is 0 Å². The van der Waals surface area contributed by atoms with Gasteiger partial charge in [-0.05, 0) is 117 Å². The normalized spacial score (nSPS) is 16.3.